The summed E-state index contributed by atoms with van der Waals surface area (Å²) in [4.78, 5) is 14.8. The molecule has 0 saturated heterocycles. The molecule has 0 aromatic carbocycles. The van der Waals surface area contributed by atoms with E-state index in [1.54, 1.807) is 0 Å². The minimum absolute atomic E-state index is 0.0245. The van der Waals surface area contributed by atoms with Crippen LogP contribution < -0.4 is 0 Å². The highest BCUT2D eigenvalue weighted by molar-refractivity contribution is 5.83. The molecule has 0 amide bonds. The molecule has 13 heavy (non-hydrogen) atoms. The van der Waals surface area contributed by atoms with Crippen molar-refractivity contribution in [2.75, 3.05) is 6.61 Å². The van der Waals surface area contributed by atoms with E-state index >= 15 is 0 Å². The van der Waals surface area contributed by atoms with Crippen molar-refractivity contribution in [2.45, 2.75) is 26.2 Å². The van der Waals surface area contributed by atoms with E-state index in [1.807, 2.05) is 0 Å². The first-order chi connectivity index (χ1) is 6.34. The van der Waals surface area contributed by atoms with Gasteiger partial charge in [0.1, 0.15) is 6.26 Å². The van der Waals surface area contributed by atoms with Crippen molar-refractivity contribution in [3.8, 4) is 0 Å². The van der Waals surface area contributed by atoms with Gasteiger partial charge in [-0.3, -0.25) is 0 Å². The normalized spacial score (nSPS) is 9.92. The molecule has 1 heterocycles. The predicted octanol–water partition coefficient (Wildman–Crippen LogP) is 2.02. The van der Waals surface area contributed by atoms with Crippen molar-refractivity contribution in [3.05, 3.63) is 18.4 Å². The Kier molecular flexibility index (Phi) is 4.02. The number of rotatable bonds is 5. The minimum atomic E-state index is -0.485. The molecule has 0 fully saturated rings. The van der Waals surface area contributed by atoms with Gasteiger partial charge in [0.15, 0.2) is 0 Å². The first-order valence-electron chi connectivity index (χ1n) is 4.41. The molecule has 72 valence electrons. The van der Waals surface area contributed by atoms with Gasteiger partial charge < -0.3 is 9.15 Å². The summed E-state index contributed by atoms with van der Waals surface area (Å²) >= 11 is 0. The van der Waals surface area contributed by atoms with Gasteiger partial charge >= 0.3 is 11.9 Å². The van der Waals surface area contributed by atoms with Crippen LogP contribution >= 0.6 is 0 Å². The van der Waals surface area contributed by atoms with Gasteiger partial charge in [-0.25, -0.2) is 9.78 Å². The topological polar surface area (TPSA) is 52.3 Å². The number of aromatic nitrogens is 1. The first-order valence-corrected chi connectivity index (χ1v) is 4.41. The molecular formula is C9H13NO3. The maximum absolute atomic E-state index is 11.1. The van der Waals surface area contributed by atoms with Crippen molar-refractivity contribution in [2.24, 2.45) is 0 Å². The highest BCUT2D eigenvalue weighted by Crippen LogP contribution is 2.00. The van der Waals surface area contributed by atoms with Gasteiger partial charge in [-0.05, 0) is 6.42 Å². The van der Waals surface area contributed by atoms with Gasteiger partial charge in [0, 0.05) is 0 Å². The third-order valence-electron chi connectivity index (χ3n) is 1.59. The SMILES string of the molecule is CCCCCOC(=O)c1ncco1. The third-order valence-corrected chi connectivity index (χ3v) is 1.59. The zero-order valence-electron chi connectivity index (χ0n) is 7.66. The van der Waals surface area contributed by atoms with Crippen LogP contribution in [0.3, 0.4) is 0 Å². The highest BCUT2D eigenvalue weighted by atomic mass is 16.5. The van der Waals surface area contributed by atoms with E-state index in [0.717, 1.165) is 19.3 Å². The number of hydrogen-bond acceptors (Lipinski definition) is 4. The Morgan fingerprint density at radius 1 is 1.62 bits per heavy atom. The van der Waals surface area contributed by atoms with E-state index in [1.165, 1.54) is 12.5 Å². The number of esters is 1. The van der Waals surface area contributed by atoms with Gasteiger partial charge in [-0.2, -0.15) is 0 Å². The molecule has 0 saturated carbocycles. The Morgan fingerprint density at radius 3 is 3.08 bits per heavy atom. The Hall–Kier alpha value is -1.32. The summed E-state index contributed by atoms with van der Waals surface area (Å²) in [7, 11) is 0. The zero-order chi connectivity index (χ0) is 9.52. The Labute approximate surface area is 76.9 Å². The average Bonchev–Trinajstić information content (AvgIpc) is 2.65. The van der Waals surface area contributed by atoms with E-state index < -0.39 is 5.97 Å². The van der Waals surface area contributed by atoms with Crippen molar-refractivity contribution in [1.29, 1.82) is 0 Å². The number of hydrogen-bond donors (Lipinski definition) is 0. The maximum atomic E-state index is 11.1. The van der Waals surface area contributed by atoms with E-state index in [4.69, 9.17) is 9.15 Å². The van der Waals surface area contributed by atoms with Crippen LogP contribution in [0.15, 0.2) is 16.9 Å². The summed E-state index contributed by atoms with van der Waals surface area (Å²) in [6.07, 6.45) is 5.84. The van der Waals surface area contributed by atoms with Crippen LogP contribution in [0.2, 0.25) is 0 Å². The first kappa shape index (κ1) is 9.77. The van der Waals surface area contributed by atoms with Crippen LogP contribution in [0.5, 0.6) is 0 Å². The zero-order valence-corrected chi connectivity index (χ0v) is 7.66. The largest absolute Gasteiger partial charge is 0.459 e. The van der Waals surface area contributed by atoms with Gasteiger partial charge in [0.25, 0.3) is 0 Å². The number of nitrogens with zero attached hydrogens (tertiary/aromatic N) is 1. The molecule has 1 rings (SSSR count). The summed E-state index contributed by atoms with van der Waals surface area (Å²) in [6, 6.07) is 0. The molecule has 0 aliphatic heterocycles. The molecule has 0 atom stereocenters. The molecule has 0 N–H and O–H groups in total. The van der Waals surface area contributed by atoms with Crippen molar-refractivity contribution in [3.63, 3.8) is 0 Å². The molecule has 1 aromatic rings. The summed E-state index contributed by atoms with van der Waals surface area (Å²) in [5, 5.41) is 0. The average molecular weight is 183 g/mol. The van der Waals surface area contributed by atoms with Crippen LogP contribution in [-0.4, -0.2) is 17.6 Å². The molecule has 0 aliphatic carbocycles. The number of carbonyl (C=O) groups is 1. The summed E-state index contributed by atoms with van der Waals surface area (Å²) in [5.74, 6) is -0.461. The fraction of sp³-hybridized carbons (Fsp3) is 0.556. The van der Waals surface area contributed by atoms with Gasteiger partial charge in [0.2, 0.25) is 0 Å². The Balaban J connectivity index is 2.19. The van der Waals surface area contributed by atoms with Crippen molar-refractivity contribution >= 4 is 5.97 Å². The number of unbranched alkanes of at least 4 members (excludes halogenated alkanes) is 2. The van der Waals surface area contributed by atoms with Crippen LogP contribution in [0.1, 0.15) is 36.9 Å². The summed E-state index contributed by atoms with van der Waals surface area (Å²) < 4.78 is 9.66. The summed E-state index contributed by atoms with van der Waals surface area (Å²) in [5.41, 5.74) is 0. The van der Waals surface area contributed by atoms with Crippen LogP contribution in [0.4, 0.5) is 0 Å². The Morgan fingerprint density at radius 2 is 2.46 bits per heavy atom. The van der Waals surface area contributed by atoms with Crippen molar-refractivity contribution in [1.82, 2.24) is 4.98 Å². The van der Waals surface area contributed by atoms with Crippen molar-refractivity contribution < 1.29 is 13.9 Å². The molecule has 0 aliphatic rings. The maximum Gasteiger partial charge on any atom is 0.394 e. The smallest absolute Gasteiger partial charge is 0.394 e. The second kappa shape index (κ2) is 5.35. The molecular weight excluding hydrogens is 170 g/mol. The lowest BCUT2D eigenvalue weighted by Gasteiger charge is -1.99. The summed E-state index contributed by atoms with van der Waals surface area (Å²) in [6.45, 7) is 2.53. The fourth-order valence-corrected chi connectivity index (χ4v) is 0.903. The minimum Gasteiger partial charge on any atom is -0.459 e. The highest BCUT2D eigenvalue weighted by Gasteiger charge is 2.10. The lowest BCUT2D eigenvalue weighted by Crippen LogP contribution is -2.06. The third kappa shape index (κ3) is 3.27. The van der Waals surface area contributed by atoms with Gasteiger partial charge in [0.05, 0.1) is 12.8 Å². The van der Waals surface area contributed by atoms with Crippen LogP contribution in [-0.2, 0) is 4.74 Å². The Bertz CT molecular complexity index is 243. The molecule has 4 heteroatoms. The number of carbonyl (C=O) groups excluding carboxylic acids is 1. The lowest BCUT2D eigenvalue weighted by atomic mass is 10.3. The standard InChI is InChI=1S/C9H13NO3/c1-2-3-4-6-13-9(11)8-10-5-7-12-8/h5,7H,2-4,6H2,1H3. The molecule has 0 radical (unpaired) electrons. The molecule has 4 nitrogen and oxygen atoms in total. The predicted molar refractivity (Wildman–Crippen MR) is 46.3 cm³/mol. The van der Waals surface area contributed by atoms with E-state index in [9.17, 15) is 4.79 Å². The fourth-order valence-electron chi connectivity index (χ4n) is 0.903. The number of ether oxygens (including phenoxy) is 1. The van der Waals surface area contributed by atoms with E-state index in [-0.39, 0.29) is 5.89 Å². The molecule has 0 unspecified atom stereocenters. The quantitative estimate of drug-likeness (QED) is 0.517. The second-order valence-electron chi connectivity index (χ2n) is 2.68. The molecule has 0 bridgehead atoms. The van der Waals surface area contributed by atoms with Crippen LogP contribution in [0.25, 0.3) is 0 Å². The number of oxazole rings is 1. The molecule has 1 aromatic heterocycles. The molecule has 0 spiro atoms. The lowest BCUT2D eigenvalue weighted by molar-refractivity contribution is 0.0452. The second-order valence-corrected chi connectivity index (χ2v) is 2.68. The van der Waals surface area contributed by atoms with Gasteiger partial charge in [-0.15, -0.1) is 0 Å². The monoisotopic (exact) mass is 183 g/mol. The van der Waals surface area contributed by atoms with Gasteiger partial charge in [-0.1, -0.05) is 19.8 Å². The van der Waals surface area contributed by atoms with Crippen LogP contribution in [0, 0.1) is 0 Å². The van der Waals surface area contributed by atoms with E-state index in [0.29, 0.717) is 6.61 Å². The van der Waals surface area contributed by atoms with E-state index in [2.05, 4.69) is 11.9 Å².